The van der Waals surface area contributed by atoms with Crippen molar-refractivity contribution in [2.75, 3.05) is 20.8 Å². The van der Waals surface area contributed by atoms with Crippen molar-refractivity contribution in [1.29, 1.82) is 0 Å². The molecule has 0 radical (unpaired) electrons. The van der Waals surface area contributed by atoms with Gasteiger partial charge >= 0.3 is 5.97 Å². The highest BCUT2D eigenvalue weighted by Gasteiger charge is 2.42. The van der Waals surface area contributed by atoms with Crippen LogP contribution in [0.2, 0.25) is 0 Å². The minimum Gasteiger partial charge on any atom is -0.493 e. The first-order valence-corrected chi connectivity index (χ1v) is 12.4. The molecule has 2 aromatic rings. The molecule has 1 aromatic heterocycles. The van der Waals surface area contributed by atoms with Gasteiger partial charge in [-0.1, -0.05) is 36.5 Å². The lowest BCUT2D eigenvalue weighted by atomic mass is 9.92. The number of hydrogen-bond donors (Lipinski definition) is 1. The second kappa shape index (κ2) is 11.8. The molecule has 3 heterocycles. The molecule has 2 aliphatic rings. The van der Waals surface area contributed by atoms with Crippen molar-refractivity contribution < 1.29 is 23.8 Å². The fraction of sp³-hybridized carbons (Fsp3) is 0.259. The molecule has 2 aliphatic heterocycles. The fourth-order valence-corrected chi connectivity index (χ4v) is 5.16. The minimum atomic E-state index is -0.649. The molecule has 1 amide bonds. The number of benzene rings is 1. The molecule has 0 fully saturated rings. The maximum absolute atomic E-state index is 13.3. The van der Waals surface area contributed by atoms with Crippen LogP contribution in [-0.2, 0) is 20.9 Å². The predicted octanol–water partition coefficient (Wildman–Crippen LogP) is 4.11. The third-order valence-corrected chi connectivity index (χ3v) is 6.75. The van der Waals surface area contributed by atoms with Crippen molar-refractivity contribution in [2.24, 2.45) is 4.99 Å². The van der Waals surface area contributed by atoms with E-state index in [1.165, 1.54) is 17.8 Å². The Balaban J connectivity index is 1.69. The second-order valence-corrected chi connectivity index (χ2v) is 9.01. The van der Waals surface area contributed by atoms with Gasteiger partial charge in [0, 0.05) is 30.2 Å². The summed E-state index contributed by atoms with van der Waals surface area (Å²) in [6.07, 6.45) is 4.97. The van der Waals surface area contributed by atoms with Crippen molar-refractivity contribution in [3.8, 4) is 11.5 Å². The van der Waals surface area contributed by atoms with Gasteiger partial charge in [-0.25, -0.2) is 9.79 Å². The van der Waals surface area contributed by atoms with E-state index in [2.05, 4.69) is 21.9 Å². The molecule has 1 atom stereocenters. The van der Waals surface area contributed by atoms with Crippen molar-refractivity contribution in [3.05, 3.63) is 88.9 Å². The average molecular weight is 521 g/mol. The van der Waals surface area contributed by atoms with Crippen LogP contribution in [0.25, 0.3) is 0 Å². The number of rotatable bonds is 10. The van der Waals surface area contributed by atoms with Gasteiger partial charge in [0.15, 0.2) is 16.7 Å². The Hall–Kier alpha value is -4.05. The molecule has 10 heteroatoms. The van der Waals surface area contributed by atoms with Crippen molar-refractivity contribution in [2.45, 2.75) is 25.9 Å². The summed E-state index contributed by atoms with van der Waals surface area (Å²) < 4.78 is 16.7. The van der Waals surface area contributed by atoms with Gasteiger partial charge in [0.05, 0.1) is 38.0 Å². The predicted molar refractivity (Wildman–Crippen MR) is 142 cm³/mol. The Morgan fingerprint density at radius 2 is 1.97 bits per heavy atom. The Kier molecular flexibility index (Phi) is 8.29. The van der Waals surface area contributed by atoms with Gasteiger partial charge in [0.1, 0.15) is 6.61 Å². The third kappa shape index (κ3) is 5.54. The minimum absolute atomic E-state index is 0.0585. The van der Waals surface area contributed by atoms with Crippen LogP contribution in [0.5, 0.6) is 11.5 Å². The Morgan fingerprint density at radius 3 is 2.68 bits per heavy atom. The third-order valence-electron chi connectivity index (χ3n) is 5.86. The van der Waals surface area contributed by atoms with E-state index in [1.807, 2.05) is 34.6 Å². The summed E-state index contributed by atoms with van der Waals surface area (Å²) >= 11 is 1.40. The van der Waals surface area contributed by atoms with Gasteiger partial charge in [-0.15, -0.1) is 0 Å². The topological polar surface area (TPSA) is 102 Å². The van der Waals surface area contributed by atoms with E-state index in [4.69, 9.17) is 14.2 Å². The quantitative estimate of drug-likeness (QED) is 0.369. The summed E-state index contributed by atoms with van der Waals surface area (Å²) in [5, 5.41) is 5.49. The number of aromatic nitrogens is 1. The summed E-state index contributed by atoms with van der Waals surface area (Å²) in [5.41, 5.74) is 3.21. The molecule has 192 valence electrons. The number of allylic oxidation sites excluding steroid dienone is 1. The number of ether oxygens (including phenoxy) is 3. The highest BCUT2D eigenvalue weighted by atomic mass is 32.2. The summed E-state index contributed by atoms with van der Waals surface area (Å²) in [7, 11) is 3.10. The monoisotopic (exact) mass is 520 g/mol. The van der Waals surface area contributed by atoms with E-state index in [0.29, 0.717) is 45.7 Å². The van der Waals surface area contributed by atoms with E-state index >= 15 is 0 Å². The zero-order valence-electron chi connectivity index (χ0n) is 20.9. The normalized spacial score (nSPS) is 16.4. The van der Waals surface area contributed by atoms with Crippen LogP contribution >= 0.6 is 11.8 Å². The molecule has 1 unspecified atom stereocenters. The average Bonchev–Trinajstić information content (AvgIpc) is 3.31. The van der Waals surface area contributed by atoms with Gasteiger partial charge in [0.25, 0.3) is 0 Å². The van der Waals surface area contributed by atoms with Crippen LogP contribution in [-0.4, -0.2) is 47.8 Å². The maximum Gasteiger partial charge on any atom is 0.338 e. The van der Waals surface area contributed by atoms with Crippen LogP contribution < -0.4 is 14.8 Å². The molecule has 0 bridgehead atoms. The standard InChI is InChI=1S/C27H28N4O5S/c1-5-13-36-26(33)23-17(2)30-27-31(24(23)20-7-6-8-21(34-3)25(20)35-4)19(16-37-27)14-22(32)29-15-18-9-11-28-12-10-18/h5-12,16,24H,1,13-15H2,2-4H3,(H,29,32). The van der Waals surface area contributed by atoms with Crippen molar-refractivity contribution >= 4 is 28.8 Å². The summed E-state index contributed by atoms with van der Waals surface area (Å²) in [4.78, 5) is 36.8. The smallest absolute Gasteiger partial charge is 0.338 e. The first-order chi connectivity index (χ1) is 18.0. The number of nitrogens with zero attached hydrogens (tertiary/aromatic N) is 3. The van der Waals surface area contributed by atoms with Crippen molar-refractivity contribution in [3.63, 3.8) is 0 Å². The lowest BCUT2D eigenvalue weighted by Crippen LogP contribution is -2.38. The lowest BCUT2D eigenvalue weighted by molar-refractivity contribution is -0.138. The van der Waals surface area contributed by atoms with Gasteiger partial charge in [0.2, 0.25) is 5.91 Å². The first-order valence-electron chi connectivity index (χ1n) is 11.6. The molecule has 37 heavy (non-hydrogen) atoms. The molecular formula is C27H28N4O5S. The Morgan fingerprint density at radius 1 is 1.19 bits per heavy atom. The highest BCUT2D eigenvalue weighted by molar-refractivity contribution is 8.16. The molecule has 1 N–H and O–H groups in total. The van der Waals surface area contributed by atoms with E-state index in [9.17, 15) is 9.59 Å². The number of fused-ring (bicyclic) bond motifs is 1. The van der Waals surface area contributed by atoms with Crippen LogP contribution in [0.1, 0.15) is 30.5 Å². The summed E-state index contributed by atoms with van der Waals surface area (Å²) in [6, 6.07) is 8.53. The number of nitrogens with one attached hydrogen (secondary N) is 1. The maximum atomic E-state index is 13.3. The van der Waals surface area contributed by atoms with E-state index < -0.39 is 12.0 Å². The van der Waals surface area contributed by atoms with Crippen LogP contribution in [0.15, 0.2) is 82.7 Å². The number of esters is 1. The van der Waals surface area contributed by atoms with Crippen molar-refractivity contribution in [1.82, 2.24) is 15.2 Å². The number of hydrogen-bond acceptors (Lipinski definition) is 9. The molecular weight excluding hydrogens is 492 g/mol. The van der Waals surface area contributed by atoms with Gasteiger partial charge in [-0.2, -0.15) is 0 Å². The number of amidine groups is 1. The second-order valence-electron chi connectivity index (χ2n) is 8.17. The number of carbonyl (C=O) groups is 2. The molecule has 0 spiro atoms. The van der Waals surface area contributed by atoms with Gasteiger partial charge in [-0.3, -0.25) is 9.78 Å². The molecule has 0 saturated heterocycles. The zero-order valence-corrected chi connectivity index (χ0v) is 21.7. The fourth-order valence-electron chi connectivity index (χ4n) is 4.19. The van der Waals surface area contributed by atoms with E-state index in [0.717, 1.165) is 5.56 Å². The largest absolute Gasteiger partial charge is 0.493 e. The SMILES string of the molecule is C=CCOC(=O)C1=C(C)N=C2SC=C(CC(=O)NCc3ccncc3)N2C1c1cccc(OC)c1OC. The number of aliphatic imine (C=N–C) groups is 1. The molecule has 1 aromatic carbocycles. The molecule has 9 nitrogen and oxygen atoms in total. The number of methoxy groups -OCH3 is 2. The number of amides is 1. The number of pyridine rings is 1. The Labute approximate surface area is 219 Å². The summed E-state index contributed by atoms with van der Waals surface area (Å²) in [6.45, 7) is 5.85. The number of carbonyl (C=O) groups excluding carboxylic acids is 2. The summed E-state index contributed by atoms with van der Waals surface area (Å²) in [5.74, 6) is 0.321. The first kappa shape index (κ1) is 26.0. The molecule has 0 saturated carbocycles. The highest BCUT2D eigenvalue weighted by Crippen LogP contribution is 2.48. The molecule has 0 aliphatic carbocycles. The number of thioether (sulfide) groups is 1. The molecule has 4 rings (SSSR count). The van der Waals surface area contributed by atoms with E-state index in [-0.39, 0.29) is 18.9 Å². The van der Waals surface area contributed by atoms with Crippen LogP contribution in [0, 0.1) is 0 Å². The van der Waals surface area contributed by atoms with E-state index in [1.54, 1.807) is 39.6 Å². The van der Waals surface area contributed by atoms with Gasteiger partial charge in [-0.05, 0) is 36.1 Å². The van der Waals surface area contributed by atoms with Crippen LogP contribution in [0.3, 0.4) is 0 Å². The Bertz CT molecular complexity index is 1290. The van der Waals surface area contributed by atoms with Gasteiger partial charge < -0.3 is 24.4 Å². The lowest BCUT2D eigenvalue weighted by Gasteiger charge is -2.37. The van der Waals surface area contributed by atoms with Crippen LogP contribution in [0.4, 0.5) is 0 Å². The number of para-hydroxylation sites is 1. The zero-order chi connectivity index (χ0) is 26.4.